The van der Waals surface area contributed by atoms with Gasteiger partial charge in [0.1, 0.15) is 5.52 Å². The Morgan fingerprint density at radius 3 is 2.73 bits per heavy atom. The van der Waals surface area contributed by atoms with Gasteiger partial charge in [-0.3, -0.25) is 9.59 Å². The molecule has 0 atom stereocenters. The smallest absolute Gasteiger partial charge is 0.243 e. The number of fused-ring (bicyclic) bond motifs is 1. The summed E-state index contributed by atoms with van der Waals surface area (Å²) in [4.78, 5) is 29.3. The predicted molar refractivity (Wildman–Crippen MR) is 113 cm³/mol. The van der Waals surface area contributed by atoms with E-state index in [0.717, 1.165) is 47.5 Å². The van der Waals surface area contributed by atoms with Gasteiger partial charge in [-0.05, 0) is 36.6 Å². The van der Waals surface area contributed by atoms with Gasteiger partial charge in [0.15, 0.2) is 11.5 Å². The van der Waals surface area contributed by atoms with Gasteiger partial charge >= 0.3 is 0 Å². The molecule has 2 aromatic carbocycles. The van der Waals surface area contributed by atoms with Crippen molar-refractivity contribution in [1.29, 1.82) is 0 Å². The van der Waals surface area contributed by atoms with E-state index in [1.54, 1.807) is 12.1 Å². The molecule has 1 aliphatic carbocycles. The number of hydrogen-bond acceptors (Lipinski definition) is 5. The average Bonchev–Trinajstić information content (AvgIpc) is 3.34. The summed E-state index contributed by atoms with van der Waals surface area (Å²) in [5.41, 5.74) is 4.05. The van der Waals surface area contributed by atoms with E-state index in [1.807, 2.05) is 36.4 Å². The van der Waals surface area contributed by atoms with Crippen LogP contribution < -0.4 is 5.32 Å². The molecule has 0 radical (unpaired) electrons. The monoisotopic (exact) mass is 402 g/mol. The van der Waals surface area contributed by atoms with Crippen molar-refractivity contribution in [1.82, 2.24) is 9.99 Å². The van der Waals surface area contributed by atoms with Crippen molar-refractivity contribution < 1.29 is 14.0 Å². The number of hydrazone groups is 1. The first-order chi connectivity index (χ1) is 14.7. The number of aromatic nitrogens is 1. The predicted octanol–water partition coefficient (Wildman–Crippen LogP) is 4.06. The number of carbonyl (C=O) groups is 2. The van der Waals surface area contributed by atoms with Crippen molar-refractivity contribution in [2.45, 2.75) is 38.0 Å². The lowest BCUT2D eigenvalue weighted by atomic mass is 10.1. The van der Waals surface area contributed by atoms with E-state index in [1.165, 1.54) is 5.01 Å². The lowest BCUT2D eigenvalue weighted by molar-refractivity contribution is -0.132. The minimum absolute atomic E-state index is 0.107. The highest BCUT2D eigenvalue weighted by atomic mass is 16.3. The van der Waals surface area contributed by atoms with Gasteiger partial charge in [0.05, 0.1) is 12.3 Å². The highest BCUT2D eigenvalue weighted by molar-refractivity contribution is 6.03. The Balaban J connectivity index is 1.16. The van der Waals surface area contributed by atoms with Crippen LogP contribution in [-0.2, 0) is 9.59 Å². The molecule has 1 N–H and O–H groups in total. The van der Waals surface area contributed by atoms with Crippen molar-refractivity contribution in [3.8, 4) is 0 Å². The van der Waals surface area contributed by atoms with Gasteiger partial charge < -0.3 is 9.73 Å². The van der Waals surface area contributed by atoms with Crippen molar-refractivity contribution in [2.75, 3.05) is 11.9 Å². The first kappa shape index (κ1) is 18.5. The minimum atomic E-state index is -0.208. The van der Waals surface area contributed by atoms with Crippen LogP contribution in [0.25, 0.3) is 11.1 Å². The summed E-state index contributed by atoms with van der Waals surface area (Å²) in [5, 5.41) is 8.74. The second kappa shape index (κ2) is 7.74. The zero-order chi connectivity index (χ0) is 20.5. The Bertz CT molecular complexity index is 1130. The van der Waals surface area contributed by atoms with Crippen LogP contribution in [-0.4, -0.2) is 34.1 Å². The van der Waals surface area contributed by atoms with E-state index in [-0.39, 0.29) is 24.7 Å². The van der Waals surface area contributed by atoms with Gasteiger partial charge in [0.2, 0.25) is 11.8 Å². The van der Waals surface area contributed by atoms with Crippen molar-refractivity contribution in [2.24, 2.45) is 5.10 Å². The van der Waals surface area contributed by atoms with Crippen LogP contribution in [0, 0.1) is 0 Å². The van der Waals surface area contributed by atoms with Gasteiger partial charge in [-0.2, -0.15) is 5.10 Å². The molecule has 2 amide bonds. The summed E-state index contributed by atoms with van der Waals surface area (Å²) in [6.07, 6.45) is 3.20. The van der Waals surface area contributed by atoms with E-state index < -0.39 is 0 Å². The molecule has 1 aromatic heterocycles. The highest BCUT2D eigenvalue weighted by Gasteiger charge is 2.29. The van der Waals surface area contributed by atoms with Crippen molar-refractivity contribution >= 4 is 34.3 Å². The Labute approximate surface area is 173 Å². The molecule has 1 aliphatic heterocycles. The maximum Gasteiger partial charge on any atom is 0.243 e. The molecular formula is C23H22N4O3. The number of nitrogens with zero attached hydrogens (tertiary/aromatic N) is 3. The van der Waals surface area contributed by atoms with Crippen LogP contribution in [0.15, 0.2) is 58.0 Å². The highest BCUT2D eigenvalue weighted by Crippen LogP contribution is 2.40. The van der Waals surface area contributed by atoms with E-state index in [4.69, 9.17) is 4.42 Å². The van der Waals surface area contributed by atoms with Gasteiger partial charge in [0, 0.05) is 30.9 Å². The standard InChI is InChI=1S/C23H22N4O3/c28-21(24-17-8-9-20-19(14-17)25-23(30-20)16-6-7-16)10-11-22(29)27-13-12-18(26-27)15-4-2-1-3-5-15/h1-5,8-9,14,16H,6-7,10-13H2,(H,24,28). The summed E-state index contributed by atoms with van der Waals surface area (Å²) in [6, 6.07) is 15.2. The Kier molecular flexibility index (Phi) is 4.78. The second-order valence-electron chi connectivity index (χ2n) is 7.74. The molecule has 0 spiro atoms. The van der Waals surface area contributed by atoms with Gasteiger partial charge in [-0.25, -0.2) is 9.99 Å². The number of rotatable bonds is 6. The second-order valence-corrected chi connectivity index (χ2v) is 7.74. The zero-order valence-corrected chi connectivity index (χ0v) is 16.5. The normalized spacial score (nSPS) is 16.0. The van der Waals surface area contributed by atoms with Crippen LogP contribution in [0.3, 0.4) is 0 Å². The third-order valence-electron chi connectivity index (χ3n) is 5.38. The van der Waals surface area contributed by atoms with Crippen LogP contribution in [0.4, 0.5) is 5.69 Å². The molecule has 1 fully saturated rings. The third-order valence-corrected chi connectivity index (χ3v) is 5.38. The van der Waals surface area contributed by atoms with Gasteiger partial charge in [0.25, 0.3) is 0 Å². The largest absolute Gasteiger partial charge is 0.440 e. The van der Waals surface area contributed by atoms with Crippen LogP contribution in [0.5, 0.6) is 0 Å². The number of amides is 2. The van der Waals surface area contributed by atoms with E-state index in [2.05, 4.69) is 15.4 Å². The maximum absolute atomic E-state index is 12.4. The van der Waals surface area contributed by atoms with E-state index in [9.17, 15) is 9.59 Å². The number of benzene rings is 2. The Hall–Kier alpha value is -3.48. The van der Waals surface area contributed by atoms with Crippen LogP contribution in [0.1, 0.15) is 49.5 Å². The molecule has 7 heteroatoms. The summed E-state index contributed by atoms with van der Waals surface area (Å²) < 4.78 is 5.74. The first-order valence-corrected chi connectivity index (χ1v) is 10.3. The SMILES string of the molecule is O=C(CCC(=O)N1CCC(c2ccccc2)=N1)Nc1ccc2oc(C3CC3)nc2c1. The number of oxazole rings is 1. The number of anilines is 1. The minimum Gasteiger partial charge on any atom is -0.440 e. The Morgan fingerprint density at radius 1 is 1.10 bits per heavy atom. The van der Waals surface area contributed by atoms with E-state index in [0.29, 0.717) is 18.2 Å². The first-order valence-electron chi connectivity index (χ1n) is 10.3. The molecule has 5 rings (SSSR count). The summed E-state index contributed by atoms with van der Waals surface area (Å²) in [5.74, 6) is 0.870. The number of carbonyl (C=O) groups excluding carboxylic acids is 2. The number of nitrogens with one attached hydrogen (secondary N) is 1. The molecule has 30 heavy (non-hydrogen) atoms. The molecule has 152 valence electrons. The zero-order valence-electron chi connectivity index (χ0n) is 16.5. The fraction of sp³-hybridized carbons (Fsp3) is 0.304. The van der Waals surface area contributed by atoms with Gasteiger partial charge in [-0.1, -0.05) is 30.3 Å². The fourth-order valence-corrected chi connectivity index (χ4v) is 3.57. The summed E-state index contributed by atoms with van der Waals surface area (Å²) >= 11 is 0. The molecule has 7 nitrogen and oxygen atoms in total. The van der Waals surface area contributed by atoms with Crippen LogP contribution >= 0.6 is 0 Å². The fourth-order valence-electron chi connectivity index (χ4n) is 3.57. The lowest BCUT2D eigenvalue weighted by Gasteiger charge is -2.11. The molecule has 0 bridgehead atoms. The summed E-state index contributed by atoms with van der Waals surface area (Å²) in [6.45, 7) is 0.552. The third kappa shape index (κ3) is 3.96. The molecule has 3 aromatic rings. The molecule has 2 aliphatic rings. The average molecular weight is 402 g/mol. The maximum atomic E-state index is 12.4. The molecule has 0 saturated heterocycles. The molecule has 2 heterocycles. The molecule has 0 unspecified atom stereocenters. The Morgan fingerprint density at radius 2 is 1.93 bits per heavy atom. The van der Waals surface area contributed by atoms with Crippen LogP contribution in [0.2, 0.25) is 0 Å². The summed E-state index contributed by atoms with van der Waals surface area (Å²) in [7, 11) is 0. The van der Waals surface area contributed by atoms with E-state index >= 15 is 0 Å². The molecule has 1 saturated carbocycles. The quantitative estimate of drug-likeness (QED) is 0.673. The molecular weight excluding hydrogens is 380 g/mol. The topological polar surface area (TPSA) is 87.8 Å². The van der Waals surface area contributed by atoms with Crippen molar-refractivity contribution in [3.05, 3.63) is 60.0 Å². The van der Waals surface area contributed by atoms with Crippen molar-refractivity contribution in [3.63, 3.8) is 0 Å². The lowest BCUT2D eigenvalue weighted by Crippen LogP contribution is -2.24. The number of hydrogen-bond donors (Lipinski definition) is 1. The van der Waals surface area contributed by atoms with Gasteiger partial charge in [-0.15, -0.1) is 0 Å².